The molecule has 158 valence electrons. The molecule has 0 spiro atoms. The minimum Gasteiger partial charge on any atom is -0.491 e. The number of ether oxygens (including phenoxy) is 2. The van der Waals surface area contributed by atoms with Crippen LogP contribution in [0.15, 0.2) is 53.4 Å². The summed E-state index contributed by atoms with van der Waals surface area (Å²) < 4.78 is 39.6. The Hall–Kier alpha value is -2.59. The Morgan fingerprint density at radius 2 is 2.03 bits per heavy atom. The summed E-state index contributed by atoms with van der Waals surface area (Å²) in [6.45, 7) is 0.631. The van der Waals surface area contributed by atoms with E-state index in [1.165, 1.54) is 10.4 Å². The molecule has 3 aromatic rings. The highest BCUT2D eigenvalue weighted by Gasteiger charge is 2.36. The molecule has 0 saturated carbocycles. The molecule has 30 heavy (non-hydrogen) atoms. The van der Waals surface area contributed by atoms with Crippen LogP contribution in [0.2, 0.25) is 5.02 Å². The van der Waals surface area contributed by atoms with Gasteiger partial charge in [0, 0.05) is 29.0 Å². The lowest BCUT2D eigenvalue weighted by atomic mass is 10.2. The van der Waals surface area contributed by atoms with E-state index in [9.17, 15) is 13.2 Å². The molecule has 4 rings (SSSR count). The second-order valence-electron chi connectivity index (χ2n) is 6.86. The average Bonchev–Trinajstić information content (AvgIpc) is 3.13. The van der Waals surface area contributed by atoms with Crippen molar-refractivity contribution in [3.05, 3.63) is 59.2 Å². The van der Waals surface area contributed by atoms with Crippen LogP contribution in [-0.2, 0) is 14.8 Å². The maximum Gasteiger partial charge on any atom is 0.266 e. The molecule has 1 fully saturated rings. The minimum absolute atomic E-state index is 0.0839. The van der Waals surface area contributed by atoms with Crippen LogP contribution in [0.25, 0.3) is 10.9 Å². The fourth-order valence-corrected chi connectivity index (χ4v) is 5.39. The molecule has 1 aliphatic heterocycles. The summed E-state index contributed by atoms with van der Waals surface area (Å²) in [5, 5.41) is 0.671. The van der Waals surface area contributed by atoms with E-state index in [0.29, 0.717) is 21.7 Å². The monoisotopic (exact) mass is 449 g/mol. The first-order valence-electron chi connectivity index (χ1n) is 9.27. The van der Waals surface area contributed by atoms with Gasteiger partial charge in [-0.1, -0.05) is 29.8 Å². The number of halogens is 1. The topological polar surface area (TPSA) is 115 Å². The van der Waals surface area contributed by atoms with Gasteiger partial charge in [0.05, 0.1) is 6.61 Å². The van der Waals surface area contributed by atoms with E-state index in [4.69, 9.17) is 26.8 Å². The van der Waals surface area contributed by atoms with E-state index >= 15 is 0 Å². The van der Waals surface area contributed by atoms with E-state index in [1.807, 2.05) is 30.3 Å². The third-order valence-corrected chi connectivity index (χ3v) is 7.02. The van der Waals surface area contributed by atoms with E-state index in [2.05, 4.69) is 4.98 Å². The van der Waals surface area contributed by atoms with Gasteiger partial charge in [0.2, 0.25) is 10.0 Å². The zero-order valence-electron chi connectivity index (χ0n) is 15.9. The van der Waals surface area contributed by atoms with Crippen LogP contribution in [0.3, 0.4) is 0 Å². The molecular formula is C20H20ClN3O5S. The lowest BCUT2D eigenvalue weighted by Crippen LogP contribution is -2.47. The van der Waals surface area contributed by atoms with Crippen LogP contribution in [0.5, 0.6) is 5.75 Å². The fourth-order valence-electron chi connectivity index (χ4n) is 3.43. The molecule has 1 saturated heterocycles. The van der Waals surface area contributed by atoms with Gasteiger partial charge in [-0.25, -0.2) is 8.42 Å². The van der Waals surface area contributed by atoms with Gasteiger partial charge < -0.3 is 20.2 Å². The van der Waals surface area contributed by atoms with Crippen molar-refractivity contribution >= 4 is 38.4 Å². The van der Waals surface area contributed by atoms with Gasteiger partial charge in [-0.15, -0.1) is 0 Å². The van der Waals surface area contributed by atoms with Crippen LogP contribution in [0.1, 0.15) is 10.5 Å². The van der Waals surface area contributed by atoms with E-state index < -0.39 is 22.0 Å². The normalized spacial score (nSPS) is 17.8. The smallest absolute Gasteiger partial charge is 0.266 e. The van der Waals surface area contributed by atoms with Crippen molar-refractivity contribution in [1.29, 1.82) is 0 Å². The van der Waals surface area contributed by atoms with Crippen molar-refractivity contribution in [2.75, 3.05) is 26.3 Å². The van der Waals surface area contributed by atoms with Gasteiger partial charge in [-0.05, 0) is 30.3 Å². The number of rotatable bonds is 6. The summed E-state index contributed by atoms with van der Waals surface area (Å²) in [5.41, 5.74) is 5.74. The van der Waals surface area contributed by atoms with Crippen molar-refractivity contribution in [2.45, 2.75) is 11.0 Å². The van der Waals surface area contributed by atoms with Crippen LogP contribution in [-0.4, -0.2) is 56.0 Å². The number of carbonyl (C=O) groups excluding carboxylic acids is 1. The predicted octanol–water partition coefficient (Wildman–Crippen LogP) is 2.39. The number of amides is 1. The highest BCUT2D eigenvalue weighted by Crippen LogP contribution is 2.32. The first-order chi connectivity index (χ1) is 14.4. The van der Waals surface area contributed by atoms with Gasteiger partial charge in [0.1, 0.15) is 29.0 Å². The maximum atomic E-state index is 13.5. The van der Waals surface area contributed by atoms with E-state index in [1.54, 1.807) is 12.1 Å². The van der Waals surface area contributed by atoms with Crippen LogP contribution >= 0.6 is 11.6 Å². The molecule has 0 radical (unpaired) electrons. The van der Waals surface area contributed by atoms with Gasteiger partial charge >= 0.3 is 0 Å². The lowest BCUT2D eigenvalue weighted by molar-refractivity contribution is -0.0249. The quantitative estimate of drug-likeness (QED) is 0.599. The number of para-hydroxylation sites is 1. The predicted molar refractivity (Wildman–Crippen MR) is 112 cm³/mol. The van der Waals surface area contributed by atoms with E-state index in [-0.39, 0.29) is 36.9 Å². The summed E-state index contributed by atoms with van der Waals surface area (Å²) in [6.07, 6.45) is -0.459. The number of H-pyrrole nitrogens is 1. The number of sulfonamides is 1. The Labute approximate surface area is 178 Å². The van der Waals surface area contributed by atoms with Gasteiger partial charge in [-0.3, -0.25) is 4.79 Å². The highest BCUT2D eigenvalue weighted by molar-refractivity contribution is 7.89. The molecular weight excluding hydrogens is 430 g/mol. The first-order valence-corrected chi connectivity index (χ1v) is 11.1. The number of aromatic nitrogens is 1. The van der Waals surface area contributed by atoms with Crippen molar-refractivity contribution in [3.63, 3.8) is 0 Å². The second kappa shape index (κ2) is 8.27. The Kier molecular flexibility index (Phi) is 5.70. The van der Waals surface area contributed by atoms with E-state index in [0.717, 1.165) is 0 Å². The molecule has 2 heterocycles. The number of morpholine rings is 1. The molecule has 0 bridgehead atoms. The Bertz CT molecular complexity index is 1180. The molecule has 1 amide bonds. The zero-order chi connectivity index (χ0) is 21.3. The molecule has 2 aromatic carbocycles. The van der Waals surface area contributed by atoms with Crippen LogP contribution < -0.4 is 10.5 Å². The number of benzene rings is 2. The van der Waals surface area contributed by atoms with Crippen molar-refractivity contribution < 1.29 is 22.7 Å². The van der Waals surface area contributed by atoms with Crippen molar-refractivity contribution in [1.82, 2.24) is 9.29 Å². The van der Waals surface area contributed by atoms with Crippen molar-refractivity contribution in [3.8, 4) is 5.75 Å². The largest absolute Gasteiger partial charge is 0.491 e. The summed E-state index contributed by atoms with van der Waals surface area (Å²) in [7, 11) is -4.05. The standard InChI is InChI=1S/C20H20ClN3O5S/c21-13-6-7-17-16(10-13)19(18(23-17)20(22)25)30(26,27)24-8-9-28-15(11-24)12-29-14-4-2-1-3-5-14/h1-7,10,15,23H,8-9,11-12H2,(H2,22,25). The zero-order valence-corrected chi connectivity index (χ0v) is 17.4. The van der Waals surface area contributed by atoms with Gasteiger partial charge in [0.25, 0.3) is 5.91 Å². The number of primary amides is 1. The molecule has 1 unspecified atom stereocenters. The fraction of sp³-hybridized carbons (Fsp3) is 0.250. The Morgan fingerprint density at radius 3 is 2.77 bits per heavy atom. The Morgan fingerprint density at radius 1 is 1.27 bits per heavy atom. The summed E-state index contributed by atoms with van der Waals surface area (Å²) in [4.78, 5) is 14.6. The molecule has 3 N–H and O–H groups in total. The van der Waals surface area contributed by atoms with Gasteiger partial charge in [0.15, 0.2) is 0 Å². The molecule has 10 heteroatoms. The second-order valence-corrected chi connectivity index (χ2v) is 9.17. The molecule has 1 aliphatic rings. The average molecular weight is 450 g/mol. The number of nitrogens with zero attached hydrogens (tertiary/aromatic N) is 1. The van der Waals surface area contributed by atoms with Crippen LogP contribution in [0, 0.1) is 0 Å². The Balaban J connectivity index is 1.62. The highest BCUT2D eigenvalue weighted by atomic mass is 35.5. The SMILES string of the molecule is NC(=O)c1[nH]c2ccc(Cl)cc2c1S(=O)(=O)N1CCOC(COc2ccccc2)C1. The first kappa shape index (κ1) is 20.7. The maximum absolute atomic E-state index is 13.5. The lowest BCUT2D eigenvalue weighted by Gasteiger charge is -2.32. The number of carbonyl (C=O) groups is 1. The number of nitrogens with one attached hydrogen (secondary N) is 1. The molecule has 0 aliphatic carbocycles. The summed E-state index contributed by atoms with van der Waals surface area (Å²) in [5.74, 6) is -0.193. The van der Waals surface area contributed by atoms with Crippen molar-refractivity contribution in [2.24, 2.45) is 5.73 Å². The molecule has 1 aromatic heterocycles. The number of fused-ring (bicyclic) bond motifs is 1. The summed E-state index contributed by atoms with van der Waals surface area (Å²) >= 11 is 6.06. The van der Waals surface area contributed by atoms with Gasteiger partial charge in [-0.2, -0.15) is 4.31 Å². The minimum atomic E-state index is -4.05. The number of hydrogen-bond donors (Lipinski definition) is 2. The summed E-state index contributed by atoms with van der Waals surface area (Å²) in [6, 6.07) is 13.9. The van der Waals surface area contributed by atoms with Crippen LogP contribution in [0.4, 0.5) is 0 Å². The number of nitrogens with two attached hydrogens (primary N) is 1. The number of aromatic amines is 1. The third kappa shape index (κ3) is 4.01. The number of hydrogen-bond acceptors (Lipinski definition) is 5. The molecule has 8 nitrogen and oxygen atoms in total. The molecule has 1 atom stereocenters. The third-order valence-electron chi connectivity index (χ3n) is 4.84.